The van der Waals surface area contributed by atoms with E-state index in [9.17, 15) is 0 Å². The molecule has 0 amide bonds. The van der Waals surface area contributed by atoms with E-state index < -0.39 is 6.10 Å². The summed E-state index contributed by atoms with van der Waals surface area (Å²) in [4.78, 5) is 0. The Hall–Kier alpha value is -2.30. The van der Waals surface area contributed by atoms with Gasteiger partial charge in [-0.2, -0.15) is 10.5 Å². The van der Waals surface area contributed by atoms with E-state index in [0.717, 1.165) is 5.56 Å². The van der Waals surface area contributed by atoms with Crippen molar-refractivity contribution in [2.45, 2.75) is 13.0 Å². The van der Waals surface area contributed by atoms with Gasteiger partial charge in [-0.15, -0.1) is 0 Å². The Morgan fingerprint density at radius 2 is 1.94 bits per heavy atom. The Labute approximate surface area is 100.0 Å². The number of nitriles is 2. The molecule has 0 spiro atoms. The second-order valence-electron chi connectivity index (χ2n) is 3.51. The SMILES string of the molecule is CC(O)COc1ccc(C=C(C#N)C#N)cc1. The number of hydrogen-bond donors (Lipinski definition) is 1. The predicted octanol–water partition coefficient (Wildman–Crippen LogP) is 1.88. The molecule has 1 atom stereocenters. The van der Waals surface area contributed by atoms with Gasteiger partial charge in [-0.3, -0.25) is 0 Å². The van der Waals surface area contributed by atoms with Crippen molar-refractivity contribution >= 4 is 6.08 Å². The van der Waals surface area contributed by atoms with Crippen LogP contribution in [0.5, 0.6) is 5.75 Å². The molecule has 0 aliphatic rings. The molecule has 1 rings (SSSR count). The minimum absolute atomic E-state index is 0.0580. The van der Waals surface area contributed by atoms with Crippen LogP contribution in [-0.4, -0.2) is 17.8 Å². The smallest absolute Gasteiger partial charge is 0.130 e. The van der Waals surface area contributed by atoms with Gasteiger partial charge < -0.3 is 9.84 Å². The summed E-state index contributed by atoms with van der Waals surface area (Å²) < 4.78 is 5.28. The molecule has 86 valence electrons. The summed E-state index contributed by atoms with van der Waals surface area (Å²) in [6.07, 6.45) is 0.983. The molecule has 1 N–H and O–H groups in total. The Morgan fingerprint density at radius 3 is 2.41 bits per heavy atom. The summed E-state index contributed by atoms with van der Waals surface area (Å²) in [5.41, 5.74) is 0.815. The van der Waals surface area contributed by atoms with Gasteiger partial charge in [0.1, 0.15) is 30.1 Å². The molecule has 1 aromatic rings. The first kappa shape index (κ1) is 12.8. The number of hydrogen-bond acceptors (Lipinski definition) is 4. The average molecular weight is 228 g/mol. The molecule has 0 saturated heterocycles. The van der Waals surface area contributed by atoms with Crippen molar-refractivity contribution in [3.05, 3.63) is 35.4 Å². The highest BCUT2D eigenvalue weighted by Crippen LogP contribution is 2.14. The number of aliphatic hydroxyl groups excluding tert-OH is 1. The van der Waals surface area contributed by atoms with Gasteiger partial charge in [0.15, 0.2) is 0 Å². The van der Waals surface area contributed by atoms with Crippen LogP contribution >= 0.6 is 0 Å². The molecule has 0 saturated carbocycles. The van der Waals surface area contributed by atoms with E-state index in [1.54, 1.807) is 43.3 Å². The van der Waals surface area contributed by atoms with E-state index in [-0.39, 0.29) is 12.2 Å². The van der Waals surface area contributed by atoms with Crippen molar-refractivity contribution < 1.29 is 9.84 Å². The second kappa shape index (κ2) is 6.32. The number of allylic oxidation sites excluding steroid dienone is 1. The number of nitrogens with zero attached hydrogens (tertiary/aromatic N) is 2. The lowest BCUT2D eigenvalue weighted by Crippen LogP contribution is -2.12. The third kappa shape index (κ3) is 4.38. The summed E-state index contributed by atoms with van der Waals surface area (Å²) in [5.74, 6) is 0.638. The van der Waals surface area contributed by atoms with Crippen LogP contribution < -0.4 is 4.74 Å². The summed E-state index contributed by atoms with van der Waals surface area (Å²) >= 11 is 0. The van der Waals surface area contributed by atoms with Crippen LogP contribution in [0, 0.1) is 22.7 Å². The number of benzene rings is 1. The van der Waals surface area contributed by atoms with Crippen LogP contribution in [0.2, 0.25) is 0 Å². The lowest BCUT2D eigenvalue weighted by molar-refractivity contribution is 0.123. The van der Waals surface area contributed by atoms with Crippen molar-refractivity contribution in [1.29, 1.82) is 10.5 Å². The first-order valence-electron chi connectivity index (χ1n) is 5.08. The lowest BCUT2D eigenvalue weighted by Gasteiger charge is -2.07. The van der Waals surface area contributed by atoms with E-state index in [4.69, 9.17) is 20.4 Å². The predicted molar refractivity (Wildman–Crippen MR) is 62.8 cm³/mol. The van der Waals surface area contributed by atoms with Crippen LogP contribution in [-0.2, 0) is 0 Å². The normalized spacial score (nSPS) is 10.8. The number of aliphatic hydroxyl groups is 1. The Balaban J connectivity index is 2.73. The highest BCUT2D eigenvalue weighted by atomic mass is 16.5. The van der Waals surface area contributed by atoms with Crippen molar-refractivity contribution in [2.75, 3.05) is 6.61 Å². The molecular weight excluding hydrogens is 216 g/mol. The molecule has 0 aliphatic carbocycles. The van der Waals surface area contributed by atoms with Crippen LogP contribution in [0.25, 0.3) is 6.08 Å². The molecule has 17 heavy (non-hydrogen) atoms. The molecule has 1 aromatic carbocycles. The highest BCUT2D eigenvalue weighted by molar-refractivity contribution is 5.62. The van der Waals surface area contributed by atoms with Crippen LogP contribution in [0.4, 0.5) is 0 Å². The molecule has 4 nitrogen and oxygen atoms in total. The zero-order valence-electron chi connectivity index (χ0n) is 9.42. The summed E-state index contributed by atoms with van der Waals surface area (Å²) in [6.45, 7) is 1.88. The van der Waals surface area contributed by atoms with E-state index in [2.05, 4.69) is 0 Å². The van der Waals surface area contributed by atoms with Crippen molar-refractivity contribution in [2.24, 2.45) is 0 Å². The standard InChI is InChI=1S/C13H12N2O2/c1-10(16)9-17-13-4-2-11(3-5-13)6-12(7-14)8-15/h2-6,10,16H,9H2,1H3. The number of ether oxygens (including phenoxy) is 1. The first-order valence-corrected chi connectivity index (χ1v) is 5.08. The van der Waals surface area contributed by atoms with E-state index >= 15 is 0 Å². The average Bonchev–Trinajstić information content (AvgIpc) is 2.34. The molecule has 0 radical (unpaired) electrons. The molecule has 0 bridgehead atoms. The minimum atomic E-state index is -0.515. The van der Waals surface area contributed by atoms with Gasteiger partial charge in [0.25, 0.3) is 0 Å². The van der Waals surface area contributed by atoms with Crippen molar-refractivity contribution in [1.82, 2.24) is 0 Å². The topological polar surface area (TPSA) is 77.0 Å². The fraction of sp³-hybridized carbons (Fsp3) is 0.231. The third-order valence-corrected chi connectivity index (χ3v) is 1.92. The van der Waals surface area contributed by atoms with Gasteiger partial charge in [0, 0.05) is 0 Å². The molecule has 0 fully saturated rings. The molecule has 0 aromatic heterocycles. The minimum Gasteiger partial charge on any atom is -0.491 e. The first-order chi connectivity index (χ1) is 8.15. The molecule has 0 aliphatic heterocycles. The van der Waals surface area contributed by atoms with Crippen LogP contribution in [0.15, 0.2) is 29.8 Å². The van der Waals surface area contributed by atoms with Crippen molar-refractivity contribution in [3.8, 4) is 17.9 Å². The van der Waals surface area contributed by atoms with Gasteiger partial charge in [0.2, 0.25) is 0 Å². The van der Waals surface area contributed by atoms with Crippen molar-refractivity contribution in [3.63, 3.8) is 0 Å². The summed E-state index contributed by atoms with van der Waals surface area (Å²) in [5, 5.41) is 26.2. The Kier molecular flexibility index (Phi) is 4.75. The molecule has 0 heterocycles. The molecule has 4 heteroatoms. The summed E-state index contributed by atoms with van der Waals surface area (Å²) in [6, 6.07) is 10.5. The van der Waals surface area contributed by atoms with E-state index in [1.807, 2.05) is 0 Å². The monoisotopic (exact) mass is 228 g/mol. The van der Waals surface area contributed by atoms with Gasteiger partial charge in [-0.25, -0.2) is 0 Å². The van der Waals surface area contributed by atoms with Crippen LogP contribution in [0.3, 0.4) is 0 Å². The van der Waals surface area contributed by atoms with Crippen LogP contribution in [0.1, 0.15) is 12.5 Å². The Bertz CT molecular complexity index is 460. The maximum absolute atomic E-state index is 9.04. The molecular formula is C13H12N2O2. The maximum Gasteiger partial charge on any atom is 0.130 e. The number of rotatable bonds is 4. The fourth-order valence-corrected chi connectivity index (χ4v) is 1.13. The van der Waals surface area contributed by atoms with Gasteiger partial charge >= 0.3 is 0 Å². The zero-order valence-corrected chi connectivity index (χ0v) is 9.42. The maximum atomic E-state index is 9.04. The van der Waals surface area contributed by atoms with Gasteiger partial charge in [-0.05, 0) is 30.7 Å². The van der Waals surface area contributed by atoms with Gasteiger partial charge in [-0.1, -0.05) is 12.1 Å². The fourth-order valence-electron chi connectivity index (χ4n) is 1.13. The Morgan fingerprint density at radius 1 is 1.35 bits per heavy atom. The second-order valence-corrected chi connectivity index (χ2v) is 3.51. The molecule has 1 unspecified atom stereocenters. The lowest BCUT2D eigenvalue weighted by atomic mass is 10.1. The highest BCUT2D eigenvalue weighted by Gasteiger charge is 1.98. The quantitative estimate of drug-likeness (QED) is 0.798. The third-order valence-electron chi connectivity index (χ3n) is 1.92. The largest absolute Gasteiger partial charge is 0.491 e. The summed E-state index contributed by atoms with van der Waals surface area (Å²) in [7, 11) is 0. The zero-order chi connectivity index (χ0) is 12.7. The van der Waals surface area contributed by atoms with E-state index in [1.165, 1.54) is 6.08 Å². The van der Waals surface area contributed by atoms with E-state index in [0.29, 0.717) is 5.75 Å². The van der Waals surface area contributed by atoms with Gasteiger partial charge in [0.05, 0.1) is 6.10 Å².